The van der Waals surface area contributed by atoms with E-state index in [1.54, 1.807) is 6.07 Å². The van der Waals surface area contributed by atoms with Gasteiger partial charge in [0.15, 0.2) is 0 Å². The summed E-state index contributed by atoms with van der Waals surface area (Å²) in [4.78, 5) is 0. The van der Waals surface area contributed by atoms with Crippen LogP contribution in [0.4, 0.5) is 4.39 Å². The van der Waals surface area contributed by atoms with Crippen LogP contribution in [-0.4, -0.2) is 0 Å². The van der Waals surface area contributed by atoms with Crippen LogP contribution in [0, 0.1) is 12.7 Å². The smallest absolute Gasteiger partial charge is 0.130 e. The van der Waals surface area contributed by atoms with Crippen molar-refractivity contribution in [3.8, 4) is 0 Å². The molecular formula is C12H13F. The molecule has 1 aliphatic carbocycles. The maximum atomic E-state index is 13.5. The molecule has 0 saturated carbocycles. The van der Waals surface area contributed by atoms with Crippen molar-refractivity contribution < 1.29 is 4.39 Å². The maximum Gasteiger partial charge on any atom is 0.130 e. The summed E-state index contributed by atoms with van der Waals surface area (Å²) in [6, 6.07) is 5.47. The normalized spacial score (nSPS) is 16.0. The van der Waals surface area contributed by atoms with Crippen LogP contribution >= 0.6 is 0 Å². The third-order valence-electron chi connectivity index (χ3n) is 2.51. The Hall–Kier alpha value is -1.11. The molecule has 0 unspecified atom stereocenters. The molecule has 1 aromatic rings. The minimum atomic E-state index is -0.0758. The molecule has 0 amide bonds. The van der Waals surface area contributed by atoms with Crippen LogP contribution in [0.1, 0.15) is 30.4 Å². The molecule has 1 heteroatoms. The molecule has 13 heavy (non-hydrogen) atoms. The van der Waals surface area contributed by atoms with Crippen LogP contribution in [0.25, 0.3) is 5.57 Å². The van der Waals surface area contributed by atoms with E-state index < -0.39 is 0 Å². The molecule has 0 saturated heterocycles. The summed E-state index contributed by atoms with van der Waals surface area (Å²) in [5.41, 5.74) is 2.96. The van der Waals surface area contributed by atoms with Crippen LogP contribution in [-0.2, 0) is 0 Å². The first-order chi connectivity index (χ1) is 6.27. The van der Waals surface area contributed by atoms with E-state index in [4.69, 9.17) is 0 Å². The number of halogens is 1. The van der Waals surface area contributed by atoms with Crippen molar-refractivity contribution in [3.05, 3.63) is 41.2 Å². The van der Waals surface area contributed by atoms with Gasteiger partial charge >= 0.3 is 0 Å². The third kappa shape index (κ3) is 1.64. The highest BCUT2D eigenvalue weighted by Crippen LogP contribution is 2.29. The molecule has 0 bridgehead atoms. The van der Waals surface area contributed by atoms with E-state index in [9.17, 15) is 4.39 Å². The summed E-state index contributed by atoms with van der Waals surface area (Å²) in [5.74, 6) is -0.0758. The molecule has 0 fully saturated rings. The summed E-state index contributed by atoms with van der Waals surface area (Å²) in [5, 5.41) is 0. The Morgan fingerprint density at radius 1 is 1.31 bits per heavy atom. The lowest BCUT2D eigenvalue weighted by atomic mass is 10.0. The van der Waals surface area contributed by atoms with Gasteiger partial charge in [0.1, 0.15) is 5.82 Å². The molecule has 0 N–H and O–H groups in total. The van der Waals surface area contributed by atoms with Gasteiger partial charge in [0.25, 0.3) is 0 Å². The van der Waals surface area contributed by atoms with Gasteiger partial charge in [-0.1, -0.05) is 18.2 Å². The summed E-state index contributed by atoms with van der Waals surface area (Å²) in [6.45, 7) is 1.91. The van der Waals surface area contributed by atoms with Gasteiger partial charge in [-0.2, -0.15) is 0 Å². The highest BCUT2D eigenvalue weighted by atomic mass is 19.1. The summed E-state index contributed by atoms with van der Waals surface area (Å²) >= 11 is 0. The standard InChI is InChI=1S/C12H13F/c1-9-6-7-11(12(13)8-9)10-4-2-3-5-10/h4,6-8H,2-3,5H2,1H3. The lowest BCUT2D eigenvalue weighted by molar-refractivity contribution is 0.622. The highest BCUT2D eigenvalue weighted by molar-refractivity contribution is 5.67. The number of aryl methyl sites for hydroxylation is 1. The Balaban J connectivity index is 2.40. The fourth-order valence-electron chi connectivity index (χ4n) is 1.80. The Bertz CT molecular complexity index is 350. The molecule has 0 spiro atoms. The van der Waals surface area contributed by atoms with Crippen molar-refractivity contribution in [2.45, 2.75) is 26.2 Å². The molecule has 0 radical (unpaired) electrons. The second kappa shape index (κ2) is 3.33. The largest absolute Gasteiger partial charge is 0.206 e. The summed E-state index contributed by atoms with van der Waals surface area (Å²) in [7, 11) is 0. The first-order valence-electron chi connectivity index (χ1n) is 4.73. The average Bonchev–Trinajstić information content (AvgIpc) is 2.56. The van der Waals surface area contributed by atoms with E-state index in [1.807, 2.05) is 19.1 Å². The molecule has 0 atom stereocenters. The predicted molar refractivity (Wildman–Crippen MR) is 53.0 cm³/mol. The van der Waals surface area contributed by atoms with E-state index in [0.717, 1.165) is 24.0 Å². The molecule has 0 aliphatic heterocycles. The van der Waals surface area contributed by atoms with Gasteiger partial charge in [-0.05, 0) is 43.4 Å². The van der Waals surface area contributed by atoms with E-state index in [1.165, 1.54) is 12.0 Å². The monoisotopic (exact) mass is 176 g/mol. The maximum absolute atomic E-state index is 13.5. The van der Waals surface area contributed by atoms with Crippen molar-refractivity contribution in [1.82, 2.24) is 0 Å². The van der Waals surface area contributed by atoms with Crippen molar-refractivity contribution >= 4 is 5.57 Å². The fourth-order valence-corrected chi connectivity index (χ4v) is 1.80. The van der Waals surface area contributed by atoms with E-state index in [0.29, 0.717) is 0 Å². The minimum absolute atomic E-state index is 0.0758. The van der Waals surface area contributed by atoms with Crippen molar-refractivity contribution in [3.63, 3.8) is 0 Å². The number of benzene rings is 1. The van der Waals surface area contributed by atoms with Crippen molar-refractivity contribution in [2.24, 2.45) is 0 Å². The van der Waals surface area contributed by atoms with E-state index >= 15 is 0 Å². The third-order valence-corrected chi connectivity index (χ3v) is 2.51. The van der Waals surface area contributed by atoms with Gasteiger partial charge in [-0.3, -0.25) is 0 Å². The Labute approximate surface area is 78.1 Å². The number of allylic oxidation sites excluding steroid dienone is 2. The van der Waals surface area contributed by atoms with Crippen LogP contribution < -0.4 is 0 Å². The summed E-state index contributed by atoms with van der Waals surface area (Å²) < 4.78 is 13.5. The van der Waals surface area contributed by atoms with Crippen molar-refractivity contribution in [1.29, 1.82) is 0 Å². The molecule has 1 aliphatic rings. The molecule has 0 nitrogen and oxygen atoms in total. The van der Waals surface area contributed by atoms with Crippen LogP contribution in [0.15, 0.2) is 24.3 Å². The molecule has 0 heterocycles. The topological polar surface area (TPSA) is 0 Å². The van der Waals surface area contributed by atoms with Gasteiger partial charge in [-0.15, -0.1) is 0 Å². The zero-order chi connectivity index (χ0) is 9.26. The van der Waals surface area contributed by atoms with Crippen molar-refractivity contribution in [2.75, 3.05) is 0 Å². The van der Waals surface area contributed by atoms with Crippen LogP contribution in [0.2, 0.25) is 0 Å². The second-order valence-electron chi connectivity index (χ2n) is 3.60. The first-order valence-corrected chi connectivity index (χ1v) is 4.73. The SMILES string of the molecule is Cc1ccc(C2=CCCC2)c(F)c1. The Morgan fingerprint density at radius 3 is 2.77 bits per heavy atom. The highest BCUT2D eigenvalue weighted by Gasteiger charge is 2.10. The number of hydrogen-bond donors (Lipinski definition) is 0. The number of rotatable bonds is 1. The molecule has 0 aromatic heterocycles. The second-order valence-corrected chi connectivity index (χ2v) is 3.60. The zero-order valence-electron chi connectivity index (χ0n) is 7.81. The van der Waals surface area contributed by atoms with Crippen LogP contribution in [0.3, 0.4) is 0 Å². The predicted octanol–water partition coefficient (Wildman–Crippen LogP) is 3.70. The van der Waals surface area contributed by atoms with Gasteiger partial charge in [0.2, 0.25) is 0 Å². The average molecular weight is 176 g/mol. The van der Waals surface area contributed by atoms with E-state index in [-0.39, 0.29) is 5.82 Å². The zero-order valence-corrected chi connectivity index (χ0v) is 7.81. The van der Waals surface area contributed by atoms with Gasteiger partial charge < -0.3 is 0 Å². The van der Waals surface area contributed by atoms with Crippen LogP contribution in [0.5, 0.6) is 0 Å². The lowest BCUT2D eigenvalue weighted by Gasteiger charge is -2.04. The van der Waals surface area contributed by atoms with Gasteiger partial charge in [0, 0.05) is 5.56 Å². The molecule has 2 rings (SSSR count). The minimum Gasteiger partial charge on any atom is -0.206 e. The van der Waals surface area contributed by atoms with Gasteiger partial charge in [0.05, 0.1) is 0 Å². The molecule has 1 aromatic carbocycles. The fraction of sp³-hybridized carbons (Fsp3) is 0.333. The molecular weight excluding hydrogens is 163 g/mol. The Morgan fingerprint density at radius 2 is 2.15 bits per heavy atom. The van der Waals surface area contributed by atoms with E-state index in [2.05, 4.69) is 6.08 Å². The summed E-state index contributed by atoms with van der Waals surface area (Å²) in [6.07, 6.45) is 5.44. The van der Waals surface area contributed by atoms with Gasteiger partial charge in [-0.25, -0.2) is 4.39 Å². The Kier molecular flexibility index (Phi) is 2.17. The quantitative estimate of drug-likeness (QED) is 0.612. The number of hydrogen-bond acceptors (Lipinski definition) is 0. The lowest BCUT2D eigenvalue weighted by Crippen LogP contribution is -1.88. The first kappa shape index (κ1) is 8.49. The molecule has 68 valence electrons.